The Hall–Kier alpha value is -0.580. The lowest BCUT2D eigenvalue weighted by atomic mass is 9.76. The summed E-state index contributed by atoms with van der Waals surface area (Å²) in [6.07, 6.45) is 3.13. The SMILES string of the molecule is Cc1nn(C)c(CC2(CNCC(C)C)CCOCC2)c1Cl. The van der Waals surface area contributed by atoms with E-state index in [1.807, 2.05) is 18.7 Å². The van der Waals surface area contributed by atoms with Gasteiger partial charge in [-0.3, -0.25) is 4.68 Å². The zero-order valence-electron chi connectivity index (χ0n) is 13.7. The molecule has 2 heterocycles. The van der Waals surface area contributed by atoms with Crippen LogP contribution in [0.15, 0.2) is 0 Å². The number of hydrogen-bond acceptors (Lipinski definition) is 3. The first-order chi connectivity index (χ1) is 9.93. The smallest absolute Gasteiger partial charge is 0.0847 e. The van der Waals surface area contributed by atoms with Gasteiger partial charge in [0, 0.05) is 26.8 Å². The molecule has 120 valence electrons. The van der Waals surface area contributed by atoms with Crippen LogP contribution in [0.4, 0.5) is 0 Å². The molecule has 2 rings (SSSR count). The molecule has 4 nitrogen and oxygen atoms in total. The highest BCUT2D eigenvalue weighted by Gasteiger charge is 2.34. The fourth-order valence-corrected chi connectivity index (χ4v) is 3.30. The van der Waals surface area contributed by atoms with Crippen molar-refractivity contribution in [3.8, 4) is 0 Å². The maximum atomic E-state index is 6.44. The van der Waals surface area contributed by atoms with Gasteiger partial charge >= 0.3 is 0 Å². The van der Waals surface area contributed by atoms with Crippen molar-refractivity contribution in [2.45, 2.75) is 40.0 Å². The Morgan fingerprint density at radius 1 is 1.38 bits per heavy atom. The minimum atomic E-state index is 0.233. The first-order valence-electron chi connectivity index (χ1n) is 7.90. The summed E-state index contributed by atoms with van der Waals surface area (Å²) in [4.78, 5) is 0. The molecular formula is C16H28ClN3O. The summed E-state index contributed by atoms with van der Waals surface area (Å²) in [6, 6.07) is 0. The van der Waals surface area contributed by atoms with Gasteiger partial charge in [-0.25, -0.2) is 0 Å². The van der Waals surface area contributed by atoms with Crippen molar-refractivity contribution >= 4 is 11.6 Å². The Balaban J connectivity index is 2.12. The molecule has 0 saturated carbocycles. The normalized spacial score (nSPS) is 18.4. The molecule has 0 unspecified atom stereocenters. The van der Waals surface area contributed by atoms with Gasteiger partial charge in [0.2, 0.25) is 0 Å². The van der Waals surface area contributed by atoms with E-state index in [2.05, 4.69) is 24.3 Å². The molecule has 0 amide bonds. The predicted molar refractivity (Wildman–Crippen MR) is 86.9 cm³/mol. The second-order valence-electron chi connectivity index (χ2n) is 6.78. The lowest BCUT2D eigenvalue weighted by Crippen LogP contribution is -2.42. The number of nitrogens with zero attached hydrogens (tertiary/aromatic N) is 2. The van der Waals surface area contributed by atoms with Crippen LogP contribution in [0.25, 0.3) is 0 Å². The molecule has 1 aromatic heterocycles. The zero-order valence-corrected chi connectivity index (χ0v) is 14.5. The van der Waals surface area contributed by atoms with Crippen molar-refractivity contribution in [1.82, 2.24) is 15.1 Å². The van der Waals surface area contributed by atoms with Crippen LogP contribution in [0.5, 0.6) is 0 Å². The van der Waals surface area contributed by atoms with Gasteiger partial charge in [0.1, 0.15) is 0 Å². The van der Waals surface area contributed by atoms with Crippen LogP contribution < -0.4 is 5.32 Å². The molecule has 1 aliphatic heterocycles. The largest absolute Gasteiger partial charge is 0.381 e. The summed E-state index contributed by atoms with van der Waals surface area (Å²) >= 11 is 6.44. The number of halogens is 1. The van der Waals surface area contributed by atoms with E-state index in [9.17, 15) is 0 Å². The van der Waals surface area contributed by atoms with E-state index < -0.39 is 0 Å². The van der Waals surface area contributed by atoms with Gasteiger partial charge in [-0.15, -0.1) is 0 Å². The fourth-order valence-electron chi connectivity index (χ4n) is 3.07. The molecule has 5 heteroatoms. The summed E-state index contributed by atoms with van der Waals surface area (Å²) in [5.41, 5.74) is 2.31. The van der Waals surface area contributed by atoms with Gasteiger partial charge in [-0.05, 0) is 44.1 Å². The minimum absolute atomic E-state index is 0.233. The molecule has 0 atom stereocenters. The van der Waals surface area contributed by atoms with E-state index in [0.717, 1.165) is 62.0 Å². The second kappa shape index (κ2) is 7.12. The molecular weight excluding hydrogens is 286 g/mol. The molecule has 1 aliphatic rings. The summed E-state index contributed by atoms with van der Waals surface area (Å²) in [5, 5.41) is 8.91. The fraction of sp³-hybridized carbons (Fsp3) is 0.812. The van der Waals surface area contributed by atoms with Crippen LogP contribution in [0, 0.1) is 18.3 Å². The number of aromatic nitrogens is 2. The monoisotopic (exact) mass is 313 g/mol. The van der Waals surface area contributed by atoms with Crippen LogP contribution >= 0.6 is 11.6 Å². The van der Waals surface area contributed by atoms with Crippen molar-refractivity contribution in [2.24, 2.45) is 18.4 Å². The van der Waals surface area contributed by atoms with Crippen molar-refractivity contribution in [1.29, 1.82) is 0 Å². The Bertz CT molecular complexity index is 464. The van der Waals surface area contributed by atoms with Crippen LogP contribution in [0.2, 0.25) is 5.02 Å². The molecule has 0 radical (unpaired) electrons. The van der Waals surface area contributed by atoms with Gasteiger partial charge in [0.25, 0.3) is 0 Å². The van der Waals surface area contributed by atoms with Crippen molar-refractivity contribution in [3.05, 3.63) is 16.4 Å². The van der Waals surface area contributed by atoms with Gasteiger partial charge in [0.15, 0.2) is 0 Å². The zero-order chi connectivity index (χ0) is 15.5. The molecule has 1 N–H and O–H groups in total. The molecule has 0 spiro atoms. The van der Waals surface area contributed by atoms with Crippen molar-refractivity contribution in [3.63, 3.8) is 0 Å². The average molecular weight is 314 g/mol. The number of ether oxygens (including phenoxy) is 1. The predicted octanol–water partition coefficient (Wildman–Crippen LogP) is 2.97. The van der Waals surface area contributed by atoms with E-state index >= 15 is 0 Å². The number of rotatable bonds is 6. The van der Waals surface area contributed by atoms with Crippen LogP contribution in [0.3, 0.4) is 0 Å². The summed E-state index contributed by atoms with van der Waals surface area (Å²) in [7, 11) is 1.99. The lowest BCUT2D eigenvalue weighted by molar-refractivity contribution is 0.0138. The van der Waals surface area contributed by atoms with Crippen LogP contribution in [-0.4, -0.2) is 36.1 Å². The maximum absolute atomic E-state index is 6.44. The Morgan fingerprint density at radius 2 is 2.05 bits per heavy atom. The van der Waals surface area contributed by atoms with Gasteiger partial charge in [-0.2, -0.15) is 5.10 Å². The first kappa shape index (κ1) is 16.8. The number of aryl methyl sites for hydroxylation is 2. The molecule has 0 aromatic carbocycles. The summed E-state index contributed by atoms with van der Waals surface area (Å²) in [6.45, 7) is 10.2. The maximum Gasteiger partial charge on any atom is 0.0847 e. The third-order valence-corrected chi connectivity index (χ3v) is 4.90. The molecule has 1 saturated heterocycles. The molecule has 0 aliphatic carbocycles. The molecule has 21 heavy (non-hydrogen) atoms. The summed E-state index contributed by atoms with van der Waals surface area (Å²) in [5.74, 6) is 0.671. The molecule has 1 aromatic rings. The van der Waals surface area contributed by atoms with Crippen LogP contribution in [-0.2, 0) is 18.2 Å². The second-order valence-corrected chi connectivity index (χ2v) is 7.16. The van der Waals surface area contributed by atoms with Gasteiger partial charge < -0.3 is 10.1 Å². The van der Waals surface area contributed by atoms with Crippen molar-refractivity contribution in [2.75, 3.05) is 26.3 Å². The average Bonchev–Trinajstić information content (AvgIpc) is 2.66. The van der Waals surface area contributed by atoms with E-state index in [1.165, 1.54) is 0 Å². The van der Waals surface area contributed by atoms with E-state index in [-0.39, 0.29) is 5.41 Å². The number of hydrogen-bond donors (Lipinski definition) is 1. The molecule has 1 fully saturated rings. The highest BCUT2D eigenvalue weighted by Crippen LogP contribution is 2.36. The first-order valence-corrected chi connectivity index (χ1v) is 8.28. The highest BCUT2D eigenvalue weighted by molar-refractivity contribution is 6.31. The third-order valence-electron chi connectivity index (χ3n) is 4.41. The minimum Gasteiger partial charge on any atom is -0.381 e. The Morgan fingerprint density at radius 3 is 2.57 bits per heavy atom. The van der Waals surface area contributed by atoms with E-state index in [0.29, 0.717) is 5.92 Å². The van der Waals surface area contributed by atoms with E-state index in [4.69, 9.17) is 16.3 Å². The van der Waals surface area contributed by atoms with Gasteiger partial charge in [0.05, 0.1) is 16.4 Å². The standard InChI is InChI=1S/C16H28ClN3O/c1-12(2)10-18-11-16(5-7-21-8-6-16)9-14-15(17)13(3)19-20(14)4/h12,18H,5-11H2,1-4H3. The number of nitrogens with one attached hydrogen (secondary N) is 1. The van der Waals surface area contributed by atoms with Crippen LogP contribution in [0.1, 0.15) is 38.1 Å². The van der Waals surface area contributed by atoms with E-state index in [1.54, 1.807) is 0 Å². The van der Waals surface area contributed by atoms with Gasteiger partial charge in [-0.1, -0.05) is 25.4 Å². The Labute approximate surface area is 133 Å². The lowest BCUT2D eigenvalue weighted by Gasteiger charge is -2.38. The third kappa shape index (κ3) is 4.21. The molecule has 0 bridgehead atoms. The Kier molecular flexibility index (Phi) is 5.69. The topological polar surface area (TPSA) is 39.1 Å². The summed E-state index contributed by atoms with van der Waals surface area (Å²) < 4.78 is 7.51. The van der Waals surface area contributed by atoms with Crippen molar-refractivity contribution < 1.29 is 4.74 Å². The quantitative estimate of drug-likeness (QED) is 0.877. The highest BCUT2D eigenvalue weighted by atomic mass is 35.5.